The number of hydrogen-bond acceptors (Lipinski definition) is 6. The number of allylic oxidation sites excluding steroid dienone is 1. The number of para-hydroxylation sites is 2. The molecule has 1 heterocycles. The predicted molar refractivity (Wildman–Crippen MR) is 159 cm³/mol. The second-order valence-corrected chi connectivity index (χ2v) is 11.3. The molecule has 5 rings (SSSR count). The number of anilines is 2. The first-order valence-corrected chi connectivity index (χ1v) is 14.3. The van der Waals surface area contributed by atoms with Crippen LogP contribution in [0.4, 0.5) is 11.4 Å². The van der Waals surface area contributed by atoms with E-state index in [-0.39, 0.29) is 17.7 Å². The maximum absolute atomic E-state index is 13.9. The van der Waals surface area contributed by atoms with Gasteiger partial charge in [-0.1, -0.05) is 38.1 Å². The number of Topliss-reactive ketones (excluding diaryl/α,β-unsaturated/α-hetero) is 1. The molecule has 2 aliphatic rings. The summed E-state index contributed by atoms with van der Waals surface area (Å²) in [5, 5.41) is 7.27. The van der Waals surface area contributed by atoms with Crippen LogP contribution in [-0.4, -0.2) is 26.1 Å². The van der Waals surface area contributed by atoms with Crippen molar-refractivity contribution in [1.82, 2.24) is 0 Å². The Balaban J connectivity index is 1.53. The summed E-state index contributed by atoms with van der Waals surface area (Å²) in [6.45, 7) is 7.40. The van der Waals surface area contributed by atoms with Gasteiger partial charge in [-0.15, -0.1) is 0 Å². The van der Waals surface area contributed by atoms with Crippen molar-refractivity contribution in [3.63, 3.8) is 0 Å². The molecule has 2 atom stereocenters. The first-order valence-electron chi connectivity index (χ1n) is 13.5. The summed E-state index contributed by atoms with van der Waals surface area (Å²) in [7, 11) is 1.63. The topological polar surface area (TPSA) is 68.8 Å². The Hall–Kier alpha value is -3.45. The minimum absolute atomic E-state index is 0.0791. The van der Waals surface area contributed by atoms with E-state index < -0.39 is 0 Å². The van der Waals surface area contributed by atoms with E-state index in [0.717, 1.165) is 50.4 Å². The van der Waals surface area contributed by atoms with Crippen molar-refractivity contribution < 1.29 is 19.0 Å². The van der Waals surface area contributed by atoms with Crippen LogP contribution in [0.25, 0.3) is 0 Å². The lowest BCUT2D eigenvalue weighted by molar-refractivity contribution is -0.116. The number of halogens is 1. The monoisotopic (exact) mass is 590 g/mol. The molecule has 0 aromatic heterocycles. The summed E-state index contributed by atoms with van der Waals surface area (Å²) in [6.07, 6.45) is 1.17. The molecule has 2 N–H and O–H groups in total. The summed E-state index contributed by atoms with van der Waals surface area (Å²) in [6, 6.07) is 19.9. The van der Waals surface area contributed by atoms with Gasteiger partial charge in [-0.25, -0.2) is 0 Å². The van der Waals surface area contributed by atoms with Crippen molar-refractivity contribution in [1.29, 1.82) is 0 Å². The number of fused-ring (bicyclic) bond motifs is 1. The molecule has 3 aromatic carbocycles. The molecule has 0 saturated heterocycles. The quantitative estimate of drug-likeness (QED) is 0.278. The van der Waals surface area contributed by atoms with E-state index in [4.69, 9.17) is 14.2 Å². The van der Waals surface area contributed by atoms with Gasteiger partial charge in [0.1, 0.15) is 5.75 Å². The Morgan fingerprint density at radius 3 is 2.41 bits per heavy atom. The smallest absolute Gasteiger partial charge is 0.174 e. The molecule has 0 spiro atoms. The van der Waals surface area contributed by atoms with Crippen molar-refractivity contribution in [2.75, 3.05) is 31.0 Å². The van der Waals surface area contributed by atoms with Gasteiger partial charge in [0.05, 0.1) is 42.2 Å². The summed E-state index contributed by atoms with van der Waals surface area (Å²) >= 11 is 3.65. The molecule has 0 saturated carbocycles. The van der Waals surface area contributed by atoms with Crippen LogP contribution in [0.2, 0.25) is 0 Å². The van der Waals surface area contributed by atoms with Crippen molar-refractivity contribution in [3.8, 4) is 17.2 Å². The molecule has 0 bridgehead atoms. The molecule has 1 aliphatic heterocycles. The molecule has 7 heteroatoms. The standard InChI is InChI=1S/C32H35BrN2O4/c1-5-38-29-17-22(14-24(33)32(29)37-4)31-30-27(34-25-8-6-7-9-26(25)35-31)15-21(16-28(30)36)20-10-12-23(13-11-20)39-18-19(2)3/h6-14,17,19,21,31,34-35H,5,15-16,18H2,1-4H3. The molecule has 204 valence electrons. The fourth-order valence-electron chi connectivity index (χ4n) is 5.29. The van der Waals surface area contributed by atoms with E-state index >= 15 is 0 Å². The Labute approximate surface area is 238 Å². The van der Waals surface area contributed by atoms with E-state index in [0.29, 0.717) is 37.1 Å². The Morgan fingerprint density at radius 2 is 1.72 bits per heavy atom. The Kier molecular flexibility index (Phi) is 8.17. The second kappa shape index (κ2) is 11.7. The van der Waals surface area contributed by atoms with Crippen LogP contribution in [0.5, 0.6) is 17.2 Å². The van der Waals surface area contributed by atoms with Crippen molar-refractivity contribution in [2.24, 2.45) is 5.92 Å². The van der Waals surface area contributed by atoms with Crippen LogP contribution in [0.1, 0.15) is 56.7 Å². The van der Waals surface area contributed by atoms with Crippen molar-refractivity contribution in [3.05, 3.63) is 87.5 Å². The average molecular weight is 592 g/mol. The van der Waals surface area contributed by atoms with Crippen molar-refractivity contribution in [2.45, 2.75) is 45.6 Å². The lowest BCUT2D eigenvalue weighted by atomic mass is 9.78. The van der Waals surface area contributed by atoms with Crippen LogP contribution in [0.3, 0.4) is 0 Å². The number of carbonyl (C=O) groups excluding carboxylic acids is 1. The number of ketones is 1. The highest BCUT2D eigenvalue weighted by atomic mass is 79.9. The van der Waals surface area contributed by atoms with E-state index in [9.17, 15) is 4.79 Å². The fourth-order valence-corrected chi connectivity index (χ4v) is 5.91. The van der Waals surface area contributed by atoms with Crippen molar-refractivity contribution >= 4 is 33.1 Å². The number of nitrogens with one attached hydrogen (secondary N) is 2. The highest BCUT2D eigenvalue weighted by molar-refractivity contribution is 9.10. The van der Waals surface area contributed by atoms with Gasteiger partial charge in [0.2, 0.25) is 0 Å². The minimum atomic E-state index is -0.349. The number of rotatable bonds is 8. The first kappa shape index (κ1) is 27.1. The summed E-state index contributed by atoms with van der Waals surface area (Å²) < 4.78 is 18.1. The maximum atomic E-state index is 13.9. The van der Waals surface area contributed by atoms with E-state index in [1.165, 1.54) is 0 Å². The third-order valence-corrected chi connectivity index (χ3v) is 7.70. The van der Waals surface area contributed by atoms with Gasteiger partial charge in [0.15, 0.2) is 17.3 Å². The van der Waals surface area contributed by atoms with Gasteiger partial charge in [0, 0.05) is 17.7 Å². The molecule has 3 aromatic rings. The highest BCUT2D eigenvalue weighted by Gasteiger charge is 2.36. The molecule has 0 amide bonds. The van der Waals surface area contributed by atoms with Gasteiger partial charge >= 0.3 is 0 Å². The zero-order valence-electron chi connectivity index (χ0n) is 22.8. The largest absolute Gasteiger partial charge is 0.493 e. The van der Waals surface area contributed by atoms with Crippen LogP contribution >= 0.6 is 15.9 Å². The fraction of sp³-hybridized carbons (Fsp3) is 0.344. The molecule has 39 heavy (non-hydrogen) atoms. The molecule has 6 nitrogen and oxygen atoms in total. The third-order valence-electron chi connectivity index (χ3n) is 7.11. The van der Waals surface area contributed by atoms with Crippen LogP contribution in [0, 0.1) is 5.92 Å². The predicted octanol–water partition coefficient (Wildman–Crippen LogP) is 7.87. The molecule has 0 radical (unpaired) electrons. The number of methoxy groups -OCH3 is 1. The summed E-state index contributed by atoms with van der Waals surface area (Å²) in [5.74, 6) is 2.81. The van der Waals surface area contributed by atoms with Crippen LogP contribution in [-0.2, 0) is 4.79 Å². The first-order chi connectivity index (χ1) is 18.9. The molecular formula is C32H35BrN2O4. The zero-order valence-corrected chi connectivity index (χ0v) is 24.4. The lowest BCUT2D eigenvalue weighted by Crippen LogP contribution is -2.27. The third kappa shape index (κ3) is 5.78. The number of benzene rings is 3. The highest BCUT2D eigenvalue weighted by Crippen LogP contribution is 2.46. The average Bonchev–Trinajstić information content (AvgIpc) is 3.09. The van der Waals surface area contributed by atoms with Gasteiger partial charge in [-0.3, -0.25) is 4.79 Å². The number of carbonyl (C=O) groups is 1. The van der Waals surface area contributed by atoms with E-state index in [2.05, 4.69) is 52.5 Å². The van der Waals surface area contributed by atoms with E-state index in [1.54, 1.807) is 7.11 Å². The Morgan fingerprint density at radius 1 is 0.974 bits per heavy atom. The zero-order chi connectivity index (χ0) is 27.5. The second-order valence-electron chi connectivity index (χ2n) is 10.4. The SMILES string of the molecule is CCOc1cc(C2Nc3ccccc3NC3=C2C(=O)CC(c2ccc(OCC(C)C)cc2)C3)cc(Br)c1OC. The molecular weight excluding hydrogens is 556 g/mol. The molecule has 0 fully saturated rings. The Bertz CT molecular complexity index is 1380. The van der Waals surface area contributed by atoms with E-state index in [1.807, 2.05) is 55.5 Å². The summed E-state index contributed by atoms with van der Waals surface area (Å²) in [5.41, 5.74) is 5.67. The maximum Gasteiger partial charge on any atom is 0.174 e. The summed E-state index contributed by atoms with van der Waals surface area (Å²) in [4.78, 5) is 13.9. The van der Waals surface area contributed by atoms with Crippen LogP contribution < -0.4 is 24.8 Å². The van der Waals surface area contributed by atoms with Gasteiger partial charge < -0.3 is 24.8 Å². The van der Waals surface area contributed by atoms with Crippen LogP contribution in [0.15, 0.2) is 76.4 Å². The molecule has 2 unspecified atom stereocenters. The van der Waals surface area contributed by atoms with Gasteiger partial charge in [0.25, 0.3) is 0 Å². The normalized spacial score (nSPS) is 18.5. The molecule has 1 aliphatic carbocycles. The van der Waals surface area contributed by atoms with Gasteiger partial charge in [-0.2, -0.15) is 0 Å². The lowest BCUT2D eigenvalue weighted by Gasteiger charge is -2.30. The number of ether oxygens (including phenoxy) is 3. The van der Waals surface area contributed by atoms with Gasteiger partial charge in [-0.05, 0) is 88.6 Å². The number of hydrogen-bond donors (Lipinski definition) is 2. The minimum Gasteiger partial charge on any atom is -0.493 e.